The van der Waals surface area contributed by atoms with Crippen molar-refractivity contribution >= 4 is 17.3 Å². The van der Waals surface area contributed by atoms with Gasteiger partial charge in [-0.05, 0) is 38.2 Å². The third-order valence-corrected chi connectivity index (χ3v) is 4.26. The Morgan fingerprint density at radius 2 is 2.00 bits per heavy atom. The molecule has 8 heteroatoms. The molecular formula is C18H26F3N3O2. The molecule has 1 aliphatic heterocycles. The number of amides is 1. The second kappa shape index (κ2) is 9.23. The van der Waals surface area contributed by atoms with Crippen LogP contribution >= 0.6 is 0 Å². The number of alkyl halides is 3. The van der Waals surface area contributed by atoms with Crippen LogP contribution in [-0.4, -0.2) is 57.2 Å². The lowest BCUT2D eigenvalue weighted by Crippen LogP contribution is -2.37. The lowest BCUT2D eigenvalue weighted by Gasteiger charge is -2.31. The largest absolute Gasteiger partial charge is 0.416 e. The van der Waals surface area contributed by atoms with E-state index in [0.717, 1.165) is 31.5 Å². The van der Waals surface area contributed by atoms with Gasteiger partial charge < -0.3 is 15.0 Å². The van der Waals surface area contributed by atoms with Crippen molar-refractivity contribution in [3.63, 3.8) is 0 Å². The van der Waals surface area contributed by atoms with Crippen LogP contribution in [-0.2, 0) is 15.7 Å². The molecule has 0 bridgehead atoms. The van der Waals surface area contributed by atoms with E-state index in [4.69, 9.17) is 4.74 Å². The second-order valence-corrected chi connectivity index (χ2v) is 6.47. The van der Waals surface area contributed by atoms with Crippen LogP contribution in [0.2, 0.25) is 0 Å². The fourth-order valence-corrected chi connectivity index (χ4v) is 2.83. The molecule has 0 saturated carbocycles. The molecule has 0 aliphatic carbocycles. The molecule has 26 heavy (non-hydrogen) atoms. The zero-order chi connectivity index (χ0) is 19.2. The van der Waals surface area contributed by atoms with Crippen LogP contribution < -0.4 is 10.2 Å². The third kappa shape index (κ3) is 5.88. The summed E-state index contributed by atoms with van der Waals surface area (Å²) in [6.07, 6.45) is -2.48. The second-order valence-electron chi connectivity index (χ2n) is 6.47. The first-order chi connectivity index (χ1) is 12.3. The van der Waals surface area contributed by atoms with E-state index in [1.807, 2.05) is 16.8 Å². The predicted molar refractivity (Wildman–Crippen MR) is 95.5 cm³/mol. The molecule has 146 valence electrons. The van der Waals surface area contributed by atoms with Crippen molar-refractivity contribution in [1.29, 1.82) is 0 Å². The number of carbonyl (C=O) groups excluding carboxylic acids is 1. The summed E-state index contributed by atoms with van der Waals surface area (Å²) < 4.78 is 44.5. The highest BCUT2D eigenvalue weighted by Crippen LogP contribution is 2.35. The van der Waals surface area contributed by atoms with Gasteiger partial charge in [-0.3, -0.25) is 9.69 Å². The van der Waals surface area contributed by atoms with Gasteiger partial charge in [0.2, 0.25) is 5.91 Å². The number of nitrogens with zero attached hydrogens (tertiary/aromatic N) is 2. The average Bonchev–Trinajstić information content (AvgIpc) is 2.59. The van der Waals surface area contributed by atoms with E-state index in [0.29, 0.717) is 32.0 Å². The molecule has 5 nitrogen and oxygen atoms in total. The number of unbranched alkanes of at least 4 members (excludes halogenated alkanes) is 1. The van der Waals surface area contributed by atoms with Crippen molar-refractivity contribution in [2.24, 2.45) is 0 Å². The summed E-state index contributed by atoms with van der Waals surface area (Å²) in [6, 6.07) is 3.48. The maximum atomic E-state index is 13.1. The first-order valence-corrected chi connectivity index (χ1v) is 8.83. The van der Waals surface area contributed by atoms with Crippen LogP contribution in [0.25, 0.3) is 0 Å². The van der Waals surface area contributed by atoms with Gasteiger partial charge in [0, 0.05) is 13.1 Å². The fourth-order valence-electron chi connectivity index (χ4n) is 2.83. The van der Waals surface area contributed by atoms with E-state index >= 15 is 0 Å². The SMILES string of the molecule is CCCCN(C)CC(=O)Nc1cc(C(F)(F)F)ccc1N1CCOCC1. The summed E-state index contributed by atoms with van der Waals surface area (Å²) >= 11 is 0. The predicted octanol–water partition coefficient (Wildman–Crippen LogP) is 3.21. The van der Waals surface area contributed by atoms with Crippen molar-refractivity contribution in [2.75, 3.05) is 56.7 Å². The van der Waals surface area contributed by atoms with E-state index in [1.54, 1.807) is 0 Å². The summed E-state index contributed by atoms with van der Waals surface area (Å²) in [4.78, 5) is 16.1. The van der Waals surface area contributed by atoms with E-state index in [2.05, 4.69) is 12.2 Å². The van der Waals surface area contributed by atoms with Gasteiger partial charge in [-0.15, -0.1) is 0 Å². The number of hydrogen-bond donors (Lipinski definition) is 1. The van der Waals surface area contributed by atoms with Crippen LogP contribution in [0.15, 0.2) is 18.2 Å². The van der Waals surface area contributed by atoms with Crippen LogP contribution in [0.5, 0.6) is 0 Å². The first kappa shape index (κ1) is 20.5. The van der Waals surface area contributed by atoms with Gasteiger partial charge in [0.1, 0.15) is 0 Å². The number of halogens is 3. The summed E-state index contributed by atoms with van der Waals surface area (Å²) in [7, 11) is 1.82. The van der Waals surface area contributed by atoms with E-state index in [1.165, 1.54) is 6.07 Å². The summed E-state index contributed by atoms with van der Waals surface area (Å²) in [5, 5.41) is 2.66. The zero-order valence-corrected chi connectivity index (χ0v) is 15.2. The third-order valence-electron chi connectivity index (χ3n) is 4.26. The Bertz CT molecular complexity index is 602. The Labute approximate surface area is 152 Å². The first-order valence-electron chi connectivity index (χ1n) is 8.83. The number of ether oxygens (including phenoxy) is 1. The average molecular weight is 373 g/mol. The molecule has 1 N–H and O–H groups in total. The van der Waals surface area contributed by atoms with Crippen LogP contribution in [0.4, 0.5) is 24.5 Å². The number of nitrogens with one attached hydrogen (secondary N) is 1. The Balaban J connectivity index is 2.17. The normalized spacial score (nSPS) is 15.4. The lowest BCUT2D eigenvalue weighted by molar-refractivity contribution is -0.137. The van der Waals surface area contributed by atoms with Gasteiger partial charge in [0.15, 0.2) is 0 Å². The molecule has 1 aromatic rings. The molecule has 1 saturated heterocycles. The molecule has 1 amide bonds. The molecular weight excluding hydrogens is 347 g/mol. The smallest absolute Gasteiger partial charge is 0.378 e. The van der Waals surface area contributed by atoms with Crippen LogP contribution in [0.1, 0.15) is 25.3 Å². The minimum absolute atomic E-state index is 0.138. The highest BCUT2D eigenvalue weighted by Gasteiger charge is 2.32. The minimum atomic E-state index is -4.46. The molecule has 0 spiro atoms. The highest BCUT2D eigenvalue weighted by molar-refractivity contribution is 5.95. The lowest BCUT2D eigenvalue weighted by atomic mass is 10.1. The monoisotopic (exact) mass is 373 g/mol. The van der Waals surface area contributed by atoms with E-state index in [9.17, 15) is 18.0 Å². The quantitative estimate of drug-likeness (QED) is 0.797. The maximum absolute atomic E-state index is 13.1. The van der Waals surface area contributed by atoms with Gasteiger partial charge >= 0.3 is 6.18 Å². The molecule has 0 aromatic heterocycles. The molecule has 2 rings (SSSR count). The maximum Gasteiger partial charge on any atom is 0.416 e. The minimum Gasteiger partial charge on any atom is -0.378 e. The van der Waals surface area contributed by atoms with Crippen LogP contribution in [0.3, 0.4) is 0 Å². The summed E-state index contributed by atoms with van der Waals surface area (Å²) in [5.41, 5.74) is 0.00521. The topological polar surface area (TPSA) is 44.8 Å². The summed E-state index contributed by atoms with van der Waals surface area (Å²) in [5.74, 6) is -0.322. The number of hydrogen-bond acceptors (Lipinski definition) is 4. The number of rotatable bonds is 7. The van der Waals surface area contributed by atoms with Gasteiger partial charge in [-0.2, -0.15) is 13.2 Å². The Morgan fingerprint density at radius 1 is 1.31 bits per heavy atom. The van der Waals surface area contributed by atoms with Crippen molar-refractivity contribution in [2.45, 2.75) is 25.9 Å². The zero-order valence-electron chi connectivity index (χ0n) is 15.2. The number of anilines is 2. The molecule has 1 aromatic carbocycles. The standard InChI is InChI=1S/C18H26F3N3O2/c1-3-4-7-23(2)13-17(25)22-15-12-14(18(19,20)21)5-6-16(15)24-8-10-26-11-9-24/h5-6,12H,3-4,7-11,13H2,1-2H3,(H,22,25). The van der Waals surface area contributed by atoms with Gasteiger partial charge in [-0.1, -0.05) is 13.3 Å². The Hall–Kier alpha value is -1.80. The van der Waals surface area contributed by atoms with Crippen molar-refractivity contribution in [3.8, 4) is 0 Å². The number of likely N-dealkylation sites (N-methyl/N-ethyl adjacent to an activating group) is 1. The highest BCUT2D eigenvalue weighted by atomic mass is 19.4. The fraction of sp³-hybridized carbons (Fsp3) is 0.611. The number of carbonyl (C=O) groups is 1. The Morgan fingerprint density at radius 3 is 2.62 bits per heavy atom. The van der Waals surface area contributed by atoms with E-state index in [-0.39, 0.29) is 18.1 Å². The van der Waals surface area contributed by atoms with Gasteiger partial charge in [0.05, 0.1) is 36.7 Å². The summed E-state index contributed by atoms with van der Waals surface area (Å²) in [6.45, 7) is 5.13. The van der Waals surface area contributed by atoms with E-state index < -0.39 is 11.7 Å². The van der Waals surface area contributed by atoms with Crippen molar-refractivity contribution in [3.05, 3.63) is 23.8 Å². The van der Waals surface area contributed by atoms with Gasteiger partial charge in [0.25, 0.3) is 0 Å². The molecule has 0 atom stereocenters. The molecule has 1 heterocycles. The molecule has 0 unspecified atom stereocenters. The number of benzene rings is 1. The molecule has 1 aliphatic rings. The van der Waals surface area contributed by atoms with Crippen molar-refractivity contribution in [1.82, 2.24) is 4.90 Å². The molecule has 1 fully saturated rings. The Kier molecular flexibility index (Phi) is 7.28. The van der Waals surface area contributed by atoms with Gasteiger partial charge in [-0.25, -0.2) is 0 Å². The number of morpholine rings is 1. The van der Waals surface area contributed by atoms with Crippen LogP contribution in [0, 0.1) is 0 Å². The van der Waals surface area contributed by atoms with Crippen molar-refractivity contribution < 1.29 is 22.7 Å². The molecule has 0 radical (unpaired) electrons.